The van der Waals surface area contributed by atoms with Crippen LogP contribution < -0.4 is 4.90 Å². The van der Waals surface area contributed by atoms with E-state index in [9.17, 15) is 14.9 Å². The van der Waals surface area contributed by atoms with Crippen molar-refractivity contribution < 1.29 is 9.59 Å². The van der Waals surface area contributed by atoms with Crippen LogP contribution in [0.2, 0.25) is 0 Å². The molecule has 1 aliphatic heterocycles. The smallest absolute Gasteiger partial charge is 0.296 e. The number of anilines is 1. The molecule has 0 radical (unpaired) electrons. The summed E-state index contributed by atoms with van der Waals surface area (Å²) in [6.45, 7) is 0. The first-order chi connectivity index (χ1) is 10.2. The van der Waals surface area contributed by atoms with E-state index in [0.717, 1.165) is 5.56 Å². The predicted molar refractivity (Wildman–Crippen MR) is 77.2 cm³/mol. The Balaban J connectivity index is 2.14. The number of nitrogens with zero attached hydrogens (tertiary/aromatic N) is 2. The Morgan fingerprint density at radius 3 is 2.05 bits per heavy atom. The summed E-state index contributed by atoms with van der Waals surface area (Å²) >= 11 is 0. The van der Waals surface area contributed by atoms with Crippen molar-refractivity contribution in [2.75, 3.05) is 4.90 Å². The van der Waals surface area contributed by atoms with Gasteiger partial charge >= 0.3 is 0 Å². The number of carbonyl (C=O) groups is 2. The quantitative estimate of drug-likeness (QED) is 0.792. The van der Waals surface area contributed by atoms with E-state index in [2.05, 4.69) is 0 Å². The number of nitriles is 1. The van der Waals surface area contributed by atoms with E-state index >= 15 is 0 Å². The van der Waals surface area contributed by atoms with E-state index in [1.54, 1.807) is 24.3 Å². The zero-order valence-electron chi connectivity index (χ0n) is 11.1. The fourth-order valence-electron chi connectivity index (χ4n) is 2.66. The van der Waals surface area contributed by atoms with Gasteiger partial charge in [0.15, 0.2) is 0 Å². The molecule has 0 aromatic heterocycles. The number of hydrogen-bond donors (Lipinski definition) is 0. The zero-order chi connectivity index (χ0) is 14.8. The Bertz CT molecular complexity index is 719. The van der Waals surface area contributed by atoms with Crippen LogP contribution >= 0.6 is 0 Å². The lowest BCUT2D eigenvalue weighted by Gasteiger charge is -2.25. The molecule has 0 aliphatic carbocycles. The van der Waals surface area contributed by atoms with Crippen LogP contribution in [0.4, 0.5) is 5.69 Å². The Hall–Kier alpha value is -2.93. The highest BCUT2D eigenvalue weighted by atomic mass is 16.2. The van der Waals surface area contributed by atoms with E-state index in [-0.39, 0.29) is 0 Å². The van der Waals surface area contributed by atoms with E-state index in [4.69, 9.17) is 0 Å². The maximum absolute atomic E-state index is 12.3. The summed E-state index contributed by atoms with van der Waals surface area (Å²) in [6, 6.07) is 19.6. The van der Waals surface area contributed by atoms with Crippen LogP contribution in [0.15, 0.2) is 60.7 Å². The van der Waals surface area contributed by atoms with Gasteiger partial charge in [-0.05, 0) is 17.7 Å². The van der Waals surface area contributed by atoms with E-state index in [0.29, 0.717) is 5.69 Å². The van der Waals surface area contributed by atoms with Gasteiger partial charge < -0.3 is 0 Å². The molecule has 1 fully saturated rings. The second kappa shape index (κ2) is 5.22. The predicted octanol–water partition coefficient (Wildman–Crippen LogP) is 2.48. The lowest BCUT2D eigenvalue weighted by atomic mass is 9.94. The highest BCUT2D eigenvalue weighted by Crippen LogP contribution is 2.38. The third-order valence-corrected chi connectivity index (χ3v) is 3.62. The first kappa shape index (κ1) is 13.1. The van der Waals surface area contributed by atoms with Gasteiger partial charge in [-0.25, -0.2) is 0 Å². The average molecular weight is 276 g/mol. The first-order valence-electron chi connectivity index (χ1n) is 6.61. The second-order valence-electron chi connectivity index (χ2n) is 4.84. The second-order valence-corrected chi connectivity index (χ2v) is 4.84. The molecule has 2 aromatic rings. The van der Waals surface area contributed by atoms with Crippen molar-refractivity contribution in [3.8, 4) is 6.07 Å². The summed E-state index contributed by atoms with van der Waals surface area (Å²) < 4.78 is 0. The molecular weight excluding hydrogens is 264 g/mol. The molecule has 0 bridgehead atoms. The Kier molecular flexibility index (Phi) is 3.25. The molecule has 2 unspecified atom stereocenters. The van der Waals surface area contributed by atoms with Gasteiger partial charge in [0, 0.05) is 5.69 Å². The van der Waals surface area contributed by atoms with E-state index in [1.165, 1.54) is 4.90 Å². The standard InChI is InChI=1S/C17H12N2O2/c18-11-14-15(12-7-3-1-4-8-12)19(17(21)16(14)20)13-9-5-2-6-10-13/h1-10,14-15H. The Morgan fingerprint density at radius 2 is 1.48 bits per heavy atom. The summed E-state index contributed by atoms with van der Waals surface area (Å²) in [6.07, 6.45) is 0. The lowest BCUT2D eigenvalue weighted by Crippen LogP contribution is -2.29. The molecule has 4 nitrogen and oxygen atoms in total. The minimum absolute atomic E-state index is 0.571. The van der Waals surface area contributed by atoms with Gasteiger partial charge in [0.2, 0.25) is 5.78 Å². The molecule has 1 amide bonds. The molecule has 3 rings (SSSR count). The molecular formula is C17H12N2O2. The van der Waals surface area contributed by atoms with Gasteiger partial charge in [-0.3, -0.25) is 14.5 Å². The van der Waals surface area contributed by atoms with Crippen molar-refractivity contribution in [1.29, 1.82) is 5.26 Å². The van der Waals surface area contributed by atoms with Crippen LogP contribution in [-0.2, 0) is 9.59 Å². The molecule has 0 spiro atoms. The van der Waals surface area contributed by atoms with Crippen molar-refractivity contribution in [2.24, 2.45) is 5.92 Å². The summed E-state index contributed by atoms with van der Waals surface area (Å²) in [7, 11) is 0. The van der Waals surface area contributed by atoms with Crippen LogP contribution in [0, 0.1) is 17.2 Å². The number of hydrogen-bond acceptors (Lipinski definition) is 3. The summed E-state index contributed by atoms with van der Waals surface area (Å²) in [5.41, 5.74) is 1.41. The minimum atomic E-state index is -0.972. The van der Waals surface area contributed by atoms with Gasteiger partial charge in [-0.2, -0.15) is 5.26 Å². The molecule has 1 aliphatic rings. The fraction of sp³-hybridized carbons (Fsp3) is 0.118. The molecule has 2 atom stereocenters. The Labute approximate surface area is 122 Å². The van der Waals surface area contributed by atoms with Crippen LogP contribution in [0.5, 0.6) is 0 Å². The number of para-hydroxylation sites is 1. The third kappa shape index (κ3) is 2.09. The maximum Gasteiger partial charge on any atom is 0.296 e. The highest BCUT2D eigenvalue weighted by Gasteiger charge is 2.48. The van der Waals surface area contributed by atoms with Crippen LogP contribution in [0.1, 0.15) is 11.6 Å². The number of carbonyl (C=O) groups excluding carboxylic acids is 2. The molecule has 21 heavy (non-hydrogen) atoms. The largest absolute Gasteiger partial charge is 0.296 e. The molecule has 102 valence electrons. The van der Waals surface area contributed by atoms with Crippen LogP contribution in [-0.4, -0.2) is 11.7 Å². The molecule has 1 saturated heterocycles. The third-order valence-electron chi connectivity index (χ3n) is 3.62. The average Bonchev–Trinajstić information content (AvgIpc) is 2.80. The molecule has 4 heteroatoms. The van der Waals surface area contributed by atoms with Gasteiger partial charge in [0.1, 0.15) is 5.92 Å². The number of benzene rings is 2. The van der Waals surface area contributed by atoms with E-state index in [1.807, 2.05) is 42.5 Å². The van der Waals surface area contributed by atoms with E-state index < -0.39 is 23.7 Å². The Morgan fingerprint density at radius 1 is 0.905 bits per heavy atom. The molecule has 0 saturated carbocycles. The minimum Gasteiger partial charge on any atom is -0.296 e. The summed E-state index contributed by atoms with van der Waals surface area (Å²) in [4.78, 5) is 25.8. The number of amides is 1. The first-order valence-corrected chi connectivity index (χ1v) is 6.61. The normalized spacial score (nSPS) is 21.4. The zero-order valence-corrected chi connectivity index (χ0v) is 11.1. The van der Waals surface area contributed by atoms with Crippen molar-refractivity contribution >= 4 is 17.4 Å². The summed E-state index contributed by atoms with van der Waals surface area (Å²) in [5.74, 6) is -2.24. The fourth-order valence-corrected chi connectivity index (χ4v) is 2.66. The topological polar surface area (TPSA) is 61.2 Å². The molecule has 0 N–H and O–H groups in total. The van der Waals surface area contributed by atoms with Gasteiger partial charge in [-0.1, -0.05) is 48.5 Å². The molecule has 2 aromatic carbocycles. The van der Waals surface area contributed by atoms with Gasteiger partial charge in [-0.15, -0.1) is 0 Å². The van der Waals surface area contributed by atoms with Crippen molar-refractivity contribution in [1.82, 2.24) is 0 Å². The SMILES string of the molecule is N#CC1C(=O)C(=O)N(c2ccccc2)C1c1ccccc1. The van der Waals surface area contributed by atoms with Crippen molar-refractivity contribution in [3.05, 3.63) is 66.2 Å². The number of rotatable bonds is 2. The highest BCUT2D eigenvalue weighted by molar-refractivity contribution is 6.45. The van der Waals surface area contributed by atoms with Gasteiger partial charge in [0.05, 0.1) is 12.1 Å². The van der Waals surface area contributed by atoms with Crippen LogP contribution in [0.3, 0.4) is 0 Å². The molecule has 1 heterocycles. The van der Waals surface area contributed by atoms with Gasteiger partial charge in [0.25, 0.3) is 5.91 Å². The monoisotopic (exact) mass is 276 g/mol. The van der Waals surface area contributed by atoms with Crippen molar-refractivity contribution in [2.45, 2.75) is 6.04 Å². The maximum atomic E-state index is 12.3. The van der Waals surface area contributed by atoms with Crippen LogP contribution in [0.25, 0.3) is 0 Å². The van der Waals surface area contributed by atoms with Crippen molar-refractivity contribution in [3.63, 3.8) is 0 Å². The number of Topliss-reactive ketones (excluding diaryl/α,β-unsaturated/α-hetero) is 1. The summed E-state index contributed by atoms with van der Waals surface area (Å²) in [5, 5.41) is 9.30. The number of ketones is 1. The lowest BCUT2D eigenvalue weighted by molar-refractivity contribution is -0.134.